The van der Waals surface area contributed by atoms with E-state index in [-0.39, 0.29) is 0 Å². The molecule has 0 fully saturated rings. The maximum Gasteiger partial charge on any atom is 0.362 e. The van der Waals surface area contributed by atoms with Crippen molar-refractivity contribution in [3.63, 3.8) is 0 Å². The van der Waals surface area contributed by atoms with Crippen LogP contribution in [-0.4, -0.2) is 19.0 Å². The van der Waals surface area contributed by atoms with Crippen LogP contribution in [-0.2, 0) is 4.65 Å². The SMILES string of the molecule is COc1ccc(C(OB(c2ccc(C)c(Cl)c2)c2ccc(C)c(Cl)c2)c2ccccn2)cc1. The van der Waals surface area contributed by atoms with Gasteiger partial charge in [0.1, 0.15) is 11.9 Å². The highest BCUT2D eigenvalue weighted by atomic mass is 35.5. The van der Waals surface area contributed by atoms with Gasteiger partial charge >= 0.3 is 6.92 Å². The quantitative estimate of drug-likeness (QED) is 0.310. The predicted molar refractivity (Wildman–Crippen MR) is 138 cm³/mol. The molecule has 0 saturated carbocycles. The Labute approximate surface area is 205 Å². The standard InChI is InChI=1S/C27H24BCl2NO2/c1-18-7-11-21(16-24(18)29)28(22-12-8-19(2)25(30)17-22)33-27(26-6-4-5-15-31-26)20-9-13-23(32-3)14-10-20/h4-17,27H,1-3H3. The summed E-state index contributed by atoms with van der Waals surface area (Å²) in [6.07, 6.45) is 1.36. The van der Waals surface area contributed by atoms with Crippen molar-refractivity contribution in [3.8, 4) is 5.75 Å². The van der Waals surface area contributed by atoms with E-state index < -0.39 is 13.0 Å². The van der Waals surface area contributed by atoms with Gasteiger partial charge in [-0.25, -0.2) is 0 Å². The van der Waals surface area contributed by atoms with Crippen molar-refractivity contribution < 1.29 is 9.39 Å². The Morgan fingerprint density at radius 1 is 0.788 bits per heavy atom. The molecule has 4 aromatic rings. The van der Waals surface area contributed by atoms with Crippen LogP contribution in [0.3, 0.4) is 0 Å². The molecule has 0 aliphatic rings. The van der Waals surface area contributed by atoms with E-state index in [1.807, 2.05) is 92.7 Å². The largest absolute Gasteiger partial charge is 0.497 e. The third-order valence-electron chi connectivity index (χ3n) is 5.64. The van der Waals surface area contributed by atoms with E-state index in [0.29, 0.717) is 10.0 Å². The molecule has 6 heteroatoms. The zero-order chi connectivity index (χ0) is 23.4. The second kappa shape index (κ2) is 10.4. The van der Waals surface area contributed by atoms with Gasteiger partial charge in [0.2, 0.25) is 0 Å². The maximum absolute atomic E-state index is 6.84. The second-order valence-corrected chi connectivity index (χ2v) is 8.76. The van der Waals surface area contributed by atoms with Crippen molar-refractivity contribution in [2.24, 2.45) is 0 Å². The molecule has 0 radical (unpaired) electrons. The summed E-state index contributed by atoms with van der Waals surface area (Å²) in [7, 11) is 1.65. The lowest BCUT2D eigenvalue weighted by atomic mass is 9.55. The van der Waals surface area contributed by atoms with Gasteiger partial charge in [-0.1, -0.05) is 65.7 Å². The van der Waals surface area contributed by atoms with E-state index in [9.17, 15) is 0 Å². The van der Waals surface area contributed by atoms with Gasteiger partial charge in [0.25, 0.3) is 0 Å². The van der Waals surface area contributed by atoms with E-state index in [2.05, 4.69) is 4.98 Å². The number of aromatic nitrogens is 1. The summed E-state index contributed by atoms with van der Waals surface area (Å²) < 4.78 is 12.2. The number of hydrogen-bond acceptors (Lipinski definition) is 3. The Balaban J connectivity index is 1.82. The summed E-state index contributed by atoms with van der Waals surface area (Å²) in [6.45, 7) is 3.56. The maximum atomic E-state index is 6.84. The molecule has 0 saturated heterocycles. The van der Waals surface area contributed by atoms with Gasteiger partial charge in [-0.3, -0.25) is 4.98 Å². The van der Waals surface area contributed by atoms with Gasteiger partial charge in [0, 0.05) is 16.2 Å². The monoisotopic (exact) mass is 475 g/mol. The molecule has 3 nitrogen and oxygen atoms in total. The smallest absolute Gasteiger partial charge is 0.362 e. The van der Waals surface area contributed by atoms with Gasteiger partial charge in [0.15, 0.2) is 0 Å². The molecule has 1 aromatic heterocycles. The molecular formula is C27H24BCl2NO2. The van der Waals surface area contributed by atoms with Crippen molar-refractivity contribution in [2.45, 2.75) is 20.0 Å². The van der Waals surface area contributed by atoms with Crippen molar-refractivity contribution in [3.05, 3.63) is 117 Å². The summed E-state index contributed by atoms with van der Waals surface area (Å²) >= 11 is 13.0. The molecule has 0 amide bonds. The van der Waals surface area contributed by atoms with Crippen LogP contribution in [0.15, 0.2) is 85.1 Å². The van der Waals surface area contributed by atoms with Crippen LogP contribution in [0.4, 0.5) is 0 Å². The predicted octanol–water partition coefficient (Wildman–Crippen LogP) is 5.93. The molecule has 0 N–H and O–H groups in total. The minimum Gasteiger partial charge on any atom is -0.497 e. The number of halogens is 2. The van der Waals surface area contributed by atoms with Crippen molar-refractivity contribution >= 4 is 41.0 Å². The highest BCUT2D eigenvalue weighted by Crippen LogP contribution is 2.27. The molecule has 4 rings (SSSR count). The van der Waals surface area contributed by atoms with Crippen LogP contribution >= 0.6 is 23.2 Å². The third kappa shape index (κ3) is 5.41. The molecule has 166 valence electrons. The van der Waals surface area contributed by atoms with Gasteiger partial charge in [-0.05, 0) is 77.9 Å². The number of methoxy groups -OCH3 is 1. The Hall–Kier alpha value is -2.79. The van der Waals surface area contributed by atoms with Gasteiger partial charge in [-0.2, -0.15) is 0 Å². The van der Waals surface area contributed by atoms with Crippen LogP contribution in [0.25, 0.3) is 0 Å². The van der Waals surface area contributed by atoms with Crippen LogP contribution in [0, 0.1) is 13.8 Å². The summed E-state index contributed by atoms with van der Waals surface area (Å²) in [6, 6.07) is 25.7. The minimum atomic E-state index is -0.415. The fourth-order valence-corrected chi connectivity index (χ4v) is 4.04. The molecule has 3 aromatic carbocycles. The Morgan fingerprint density at radius 3 is 1.88 bits per heavy atom. The molecular weight excluding hydrogens is 452 g/mol. The van der Waals surface area contributed by atoms with E-state index >= 15 is 0 Å². The molecule has 1 heterocycles. The number of nitrogens with zero attached hydrogens (tertiary/aromatic N) is 1. The first-order valence-electron chi connectivity index (χ1n) is 10.7. The van der Waals surface area contributed by atoms with E-state index in [1.54, 1.807) is 13.3 Å². The summed E-state index contributed by atoms with van der Waals surface area (Å²) in [4.78, 5) is 4.59. The minimum absolute atomic E-state index is 0.407. The topological polar surface area (TPSA) is 31.4 Å². The van der Waals surface area contributed by atoms with Gasteiger partial charge in [-0.15, -0.1) is 0 Å². The zero-order valence-corrected chi connectivity index (χ0v) is 20.3. The van der Waals surface area contributed by atoms with Crippen molar-refractivity contribution in [1.29, 1.82) is 0 Å². The summed E-state index contributed by atoms with van der Waals surface area (Å²) in [5, 5.41) is 1.39. The highest BCUT2D eigenvalue weighted by Gasteiger charge is 2.29. The number of rotatable bonds is 7. The normalized spacial score (nSPS) is 11.8. The second-order valence-electron chi connectivity index (χ2n) is 7.94. The molecule has 0 spiro atoms. The number of pyridine rings is 1. The molecule has 0 aliphatic carbocycles. The Morgan fingerprint density at radius 2 is 1.39 bits per heavy atom. The molecule has 33 heavy (non-hydrogen) atoms. The van der Waals surface area contributed by atoms with Crippen LogP contribution < -0.4 is 15.7 Å². The lowest BCUT2D eigenvalue weighted by molar-refractivity contribution is 0.253. The number of ether oxygens (including phenoxy) is 1. The van der Waals surface area contributed by atoms with Crippen LogP contribution in [0.2, 0.25) is 10.0 Å². The first-order chi connectivity index (χ1) is 16.0. The summed E-state index contributed by atoms with van der Waals surface area (Å²) in [5.74, 6) is 0.783. The number of benzene rings is 3. The van der Waals surface area contributed by atoms with Gasteiger partial charge in [0.05, 0.1) is 12.8 Å². The van der Waals surface area contributed by atoms with Gasteiger partial charge < -0.3 is 9.39 Å². The zero-order valence-electron chi connectivity index (χ0n) is 18.8. The van der Waals surface area contributed by atoms with E-state index in [0.717, 1.165) is 39.1 Å². The molecule has 0 aliphatic heterocycles. The van der Waals surface area contributed by atoms with Crippen molar-refractivity contribution in [2.75, 3.05) is 7.11 Å². The average Bonchev–Trinajstić information content (AvgIpc) is 2.84. The van der Waals surface area contributed by atoms with Crippen LogP contribution in [0.1, 0.15) is 28.5 Å². The van der Waals surface area contributed by atoms with E-state index in [4.69, 9.17) is 32.6 Å². The fourth-order valence-electron chi connectivity index (χ4n) is 3.66. The number of aryl methyl sites for hydroxylation is 2. The Bertz CT molecular complexity index is 1180. The Kier molecular flexibility index (Phi) is 7.39. The van der Waals surface area contributed by atoms with Crippen molar-refractivity contribution in [1.82, 2.24) is 4.98 Å². The molecule has 0 bridgehead atoms. The van der Waals surface area contributed by atoms with E-state index in [1.165, 1.54) is 0 Å². The first kappa shape index (κ1) is 23.4. The molecule has 1 atom stereocenters. The fraction of sp³-hybridized carbons (Fsp3) is 0.148. The lowest BCUT2D eigenvalue weighted by Crippen LogP contribution is -2.46. The highest BCUT2D eigenvalue weighted by molar-refractivity contribution is 6.80. The number of hydrogen-bond donors (Lipinski definition) is 0. The lowest BCUT2D eigenvalue weighted by Gasteiger charge is -2.25. The molecule has 1 unspecified atom stereocenters. The van der Waals surface area contributed by atoms with Crippen LogP contribution in [0.5, 0.6) is 5.75 Å². The third-order valence-corrected chi connectivity index (χ3v) is 6.46. The summed E-state index contributed by atoms with van der Waals surface area (Å²) in [5.41, 5.74) is 5.69. The first-order valence-corrected chi connectivity index (χ1v) is 11.4. The average molecular weight is 476 g/mol.